The van der Waals surface area contributed by atoms with E-state index in [9.17, 15) is 19.7 Å². The Morgan fingerprint density at radius 3 is 2.84 bits per heavy atom. The molecule has 0 unspecified atom stereocenters. The number of hydrogen-bond acceptors (Lipinski definition) is 7. The lowest BCUT2D eigenvalue weighted by atomic mass is 10.2. The minimum absolute atomic E-state index is 0.135. The summed E-state index contributed by atoms with van der Waals surface area (Å²) in [5.41, 5.74) is -0.779. The van der Waals surface area contributed by atoms with Crippen molar-refractivity contribution in [2.24, 2.45) is 0 Å². The molecule has 0 fully saturated rings. The molecular weight excluding hydrogens is 332 g/mol. The van der Waals surface area contributed by atoms with Crippen LogP contribution in [0, 0.1) is 17.0 Å². The summed E-state index contributed by atoms with van der Waals surface area (Å²) in [6, 6.07) is 6.28. The number of nitrogens with one attached hydrogen (secondary N) is 1. The summed E-state index contributed by atoms with van der Waals surface area (Å²) in [5.74, 6) is -0.108. The number of aryl methyl sites for hydroxylation is 1. The predicted molar refractivity (Wildman–Crippen MR) is 85.7 cm³/mol. The first-order valence-corrected chi connectivity index (χ1v) is 7.12. The lowest BCUT2D eigenvalue weighted by Crippen LogP contribution is -2.16. The van der Waals surface area contributed by atoms with Gasteiger partial charge < -0.3 is 19.2 Å². The highest BCUT2D eigenvalue weighted by molar-refractivity contribution is 5.89. The number of H-pyrrole nitrogens is 1. The van der Waals surface area contributed by atoms with E-state index in [1.807, 2.05) is 0 Å². The van der Waals surface area contributed by atoms with Gasteiger partial charge in [-0.2, -0.15) is 0 Å². The van der Waals surface area contributed by atoms with Crippen LogP contribution in [0.3, 0.4) is 0 Å². The molecule has 1 aliphatic rings. The van der Waals surface area contributed by atoms with Gasteiger partial charge in [-0.25, -0.2) is 4.79 Å². The van der Waals surface area contributed by atoms with E-state index in [0.717, 1.165) is 6.08 Å². The zero-order valence-electron chi connectivity index (χ0n) is 13.0. The number of ether oxygens (including phenoxy) is 3. The van der Waals surface area contributed by atoms with Gasteiger partial charge in [-0.1, -0.05) is 6.07 Å². The summed E-state index contributed by atoms with van der Waals surface area (Å²) < 4.78 is 15.3. The summed E-state index contributed by atoms with van der Waals surface area (Å²) in [4.78, 5) is 35.9. The molecule has 1 N–H and O–H groups in total. The number of nitrogens with zero attached hydrogens (tertiary/aromatic N) is 1. The maximum atomic E-state index is 11.9. The van der Waals surface area contributed by atoms with Crippen LogP contribution in [0.25, 0.3) is 6.08 Å². The van der Waals surface area contributed by atoms with Gasteiger partial charge in [0.2, 0.25) is 12.5 Å². The van der Waals surface area contributed by atoms with E-state index in [1.165, 1.54) is 19.1 Å². The van der Waals surface area contributed by atoms with Crippen LogP contribution in [-0.2, 0) is 4.79 Å². The van der Waals surface area contributed by atoms with E-state index < -0.39 is 27.9 Å². The maximum Gasteiger partial charge on any atom is 0.376 e. The molecule has 0 saturated heterocycles. The van der Waals surface area contributed by atoms with Crippen LogP contribution in [0.15, 0.2) is 35.1 Å². The SMILES string of the molecule is Cc1cc(OC(=O)C=Cc2ccc3c(c2)OCO3)c([N+](=O)[O-])c(=O)[nH]1. The third kappa shape index (κ3) is 3.50. The molecule has 0 atom stereocenters. The largest absolute Gasteiger partial charge is 0.454 e. The van der Waals surface area contributed by atoms with Crippen molar-refractivity contribution in [1.82, 2.24) is 4.98 Å². The van der Waals surface area contributed by atoms with Crippen LogP contribution in [0.4, 0.5) is 5.69 Å². The minimum atomic E-state index is -0.937. The Morgan fingerprint density at radius 2 is 2.08 bits per heavy atom. The van der Waals surface area contributed by atoms with E-state index in [2.05, 4.69) is 4.98 Å². The van der Waals surface area contributed by atoms with Crippen molar-refractivity contribution in [3.05, 3.63) is 62.1 Å². The topological polar surface area (TPSA) is 121 Å². The smallest absolute Gasteiger partial charge is 0.376 e. The van der Waals surface area contributed by atoms with Gasteiger partial charge in [0.15, 0.2) is 11.5 Å². The lowest BCUT2D eigenvalue weighted by molar-refractivity contribution is -0.387. The molecule has 0 amide bonds. The first-order valence-electron chi connectivity index (χ1n) is 7.12. The van der Waals surface area contributed by atoms with Crippen molar-refractivity contribution in [2.45, 2.75) is 6.92 Å². The minimum Gasteiger partial charge on any atom is -0.454 e. The van der Waals surface area contributed by atoms with Crippen molar-refractivity contribution < 1.29 is 23.9 Å². The zero-order valence-corrected chi connectivity index (χ0v) is 13.0. The molecule has 2 heterocycles. The third-order valence-electron chi connectivity index (χ3n) is 3.31. The Kier molecular flexibility index (Phi) is 4.21. The molecule has 1 aromatic heterocycles. The molecule has 9 heteroatoms. The van der Waals surface area contributed by atoms with Gasteiger partial charge in [0.05, 0.1) is 4.92 Å². The van der Waals surface area contributed by atoms with Crippen molar-refractivity contribution in [1.29, 1.82) is 0 Å². The highest BCUT2D eigenvalue weighted by Gasteiger charge is 2.23. The summed E-state index contributed by atoms with van der Waals surface area (Å²) in [6.45, 7) is 1.65. The number of fused-ring (bicyclic) bond motifs is 1. The van der Waals surface area contributed by atoms with Crippen molar-refractivity contribution in [3.8, 4) is 17.2 Å². The molecule has 2 aromatic rings. The van der Waals surface area contributed by atoms with Crippen LogP contribution in [0.1, 0.15) is 11.3 Å². The fourth-order valence-electron chi connectivity index (χ4n) is 2.23. The van der Waals surface area contributed by atoms with Crippen LogP contribution < -0.4 is 19.8 Å². The molecule has 0 radical (unpaired) electrons. The van der Waals surface area contributed by atoms with E-state index >= 15 is 0 Å². The summed E-state index contributed by atoms with van der Waals surface area (Å²) in [6.07, 6.45) is 2.55. The number of pyridine rings is 1. The standard InChI is InChI=1S/C16H12N2O7/c1-9-6-13(15(18(21)22)16(20)17-9)25-14(19)5-3-10-2-4-11-12(7-10)24-8-23-11/h2-7H,8H2,1H3,(H,17,20). The van der Waals surface area contributed by atoms with Gasteiger partial charge in [0.1, 0.15) is 0 Å². The van der Waals surface area contributed by atoms with Gasteiger partial charge in [-0.05, 0) is 30.7 Å². The lowest BCUT2D eigenvalue weighted by Gasteiger charge is -2.03. The monoisotopic (exact) mass is 344 g/mol. The van der Waals surface area contributed by atoms with E-state index in [1.54, 1.807) is 18.2 Å². The van der Waals surface area contributed by atoms with Gasteiger partial charge in [0.25, 0.3) is 0 Å². The number of carbonyl (C=O) groups is 1. The molecule has 1 aromatic carbocycles. The average molecular weight is 344 g/mol. The Morgan fingerprint density at radius 1 is 1.32 bits per heavy atom. The number of benzene rings is 1. The van der Waals surface area contributed by atoms with Crippen molar-refractivity contribution in [2.75, 3.05) is 6.79 Å². The van der Waals surface area contributed by atoms with Gasteiger partial charge in [-0.15, -0.1) is 0 Å². The highest BCUT2D eigenvalue weighted by Crippen LogP contribution is 2.32. The summed E-state index contributed by atoms with van der Waals surface area (Å²) >= 11 is 0. The highest BCUT2D eigenvalue weighted by atomic mass is 16.7. The van der Waals surface area contributed by atoms with Crippen molar-refractivity contribution in [3.63, 3.8) is 0 Å². The fourth-order valence-corrected chi connectivity index (χ4v) is 2.23. The molecule has 0 bridgehead atoms. The number of nitro groups is 1. The first kappa shape index (κ1) is 16.2. The second-order valence-electron chi connectivity index (χ2n) is 5.12. The van der Waals surface area contributed by atoms with Gasteiger partial charge in [-0.3, -0.25) is 14.9 Å². The van der Waals surface area contributed by atoms with E-state index in [0.29, 0.717) is 22.8 Å². The number of carbonyl (C=O) groups excluding carboxylic acids is 1. The second-order valence-corrected chi connectivity index (χ2v) is 5.12. The maximum absolute atomic E-state index is 11.9. The molecule has 25 heavy (non-hydrogen) atoms. The first-order chi connectivity index (χ1) is 11.9. The molecule has 3 rings (SSSR count). The average Bonchev–Trinajstić information content (AvgIpc) is 2.99. The number of rotatable bonds is 4. The number of esters is 1. The normalized spacial score (nSPS) is 12.4. The molecule has 1 aliphatic heterocycles. The van der Waals surface area contributed by atoms with Crippen LogP contribution >= 0.6 is 0 Å². The Labute approximate surface area is 140 Å². The molecule has 0 aliphatic carbocycles. The number of hydrogen-bond donors (Lipinski definition) is 1. The van der Waals surface area contributed by atoms with Crippen LogP contribution in [0.2, 0.25) is 0 Å². The molecule has 0 spiro atoms. The Bertz CT molecular complexity index is 946. The molecule has 9 nitrogen and oxygen atoms in total. The van der Waals surface area contributed by atoms with Crippen LogP contribution in [0.5, 0.6) is 17.2 Å². The number of aromatic amines is 1. The Hall–Kier alpha value is -3.62. The Balaban J connectivity index is 1.79. The summed E-state index contributed by atoms with van der Waals surface area (Å²) in [7, 11) is 0. The molecule has 128 valence electrons. The van der Waals surface area contributed by atoms with E-state index in [-0.39, 0.29) is 6.79 Å². The quantitative estimate of drug-likeness (QED) is 0.389. The predicted octanol–water partition coefficient (Wildman–Crippen LogP) is 1.94. The van der Waals surface area contributed by atoms with Gasteiger partial charge in [0, 0.05) is 17.8 Å². The van der Waals surface area contributed by atoms with Crippen molar-refractivity contribution >= 4 is 17.7 Å². The zero-order chi connectivity index (χ0) is 18.0. The fraction of sp³-hybridized carbons (Fsp3) is 0.125. The van der Waals surface area contributed by atoms with Crippen LogP contribution in [-0.4, -0.2) is 22.7 Å². The molecular formula is C16H12N2O7. The third-order valence-corrected chi connectivity index (χ3v) is 3.31. The number of aromatic nitrogens is 1. The summed E-state index contributed by atoms with van der Waals surface area (Å²) in [5, 5.41) is 11.0. The second kappa shape index (κ2) is 6.48. The van der Waals surface area contributed by atoms with E-state index in [4.69, 9.17) is 14.2 Å². The van der Waals surface area contributed by atoms with Gasteiger partial charge >= 0.3 is 17.2 Å². The molecule has 0 saturated carbocycles.